The summed E-state index contributed by atoms with van der Waals surface area (Å²) in [5.41, 5.74) is -0.903. The predicted octanol–water partition coefficient (Wildman–Crippen LogP) is 6.05. The quantitative estimate of drug-likeness (QED) is 0.379. The van der Waals surface area contributed by atoms with Gasteiger partial charge >= 0.3 is 0 Å². The molecular weight excluding hydrogens is 199 g/mol. The van der Waals surface area contributed by atoms with Gasteiger partial charge in [0.2, 0.25) is 0 Å². The molecule has 0 saturated carbocycles. The van der Waals surface area contributed by atoms with E-state index in [4.69, 9.17) is 0 Å². The van der Waals surface area contributed by atoms with Gasteiger partial charge in [0.15, 0.2) is 0 Å². The molecule has 0 saturated heterocycles. The normalized spacial score (nSPS) is 15.0. The molecule has 16 heavy (non-hydrogen) atoms. The van der Waals surface area contributed by atoms with Gasteiger partial charge in [0, 0.05) is 0 Å². The van der Waals surface area contributed by atoms with Gasteiger partial charge in [0.1, 0.15) is 5.67 Å². The lowest BCUT2D eigenvalue weighted by Crippen LogP contribution is -2.17. The third kappa shape index (κ3) is 10.4. The first kappa shape index (κ1) is 15.9. The van der Waals surface area contributed by atoms with Crippen LogP contribution in [-0.4, -0.2) is 5.67 Å². The lowest BCUT2D eigenvalue weighted by atomic mass is 9.93. The summed E-state index contributed by atoms with van der Waals surface area (Å²) in [5, 5.41) is 0. The van der Waals surface area contributed by atoms with E-state index in [1.165, 1.54) is 44.9 Å². The molecule has 0 aromatic rings. The molecule has 0 radical (unpaired) electrons. The summed E-state index contributed by atoms with van der Waals surface area (Å²) >= 11 is 0. The summed E-state index contributed by atoms with van der Waals surface area (Å²) in [6.45, 7) is 6.20. The second kappa shape index (κ2) is 10.1. The molecule has 0 amide bonds. The van der Waals surface area contributed by atoms with Crippen molar-refractivity contribution in [3.05, 3.63) is 0 Å². The van der Waals surface area contributed by atoms with E-state index in [0.717, 1.165) is 25.7 Å². The van der Waals surface area contributed by atoms with Gasteiger partial charge in [-0.05, 0) is 19.8 Å². The van der Waals surface area contributed by atoms with Crippen LogP contribution in [0.2, 0.25) is 0 Å². The molecular formula is C15H31F. The first-order valence-electron chi connectivity index (χ1n) is 7.31. The molecule has 0 rings (SSSR count). The molecule has 0 nitrogen and oxygen atoms in total. The van der Waals surface area contributed by atoms with Gasteiger partial charge < -0.3 is 0 Å². The van der Waals surface area contributed by atoms with Gasteiger partial charge in [0.05, 0.1) is 0 Å². The molecule has 0 N–H and O–H groups in total. The van der Waals surface area contributed by atoms with Gasteiger partial charge in [0.25, 0.3) is 0 Å². The van der Waals surface area contributed by atoms with Crippen LogP contribution in [0.25, 0.3) is 0 Å². The molecule has 0 heterocycles. The van der Waals surface area contributed by atoms with E-state index in [0.29, 0.717) is 0 Å². The lowest BCUT2D eigenvalue weighted by Gasteiger charge is -2.20. The van der Waals surface area contributed by atoms with Crippen LogP contribution in [0.4, 0.5) is 4.39 Å². The topological polar surface area (TPSA) is 0 Å². The van der Waals surface area contributed by atoms with E-state index in [1.54, 1.807) is 6.92 Å². The maximum Gasteiger partial charge on any atom is 0.108 e. The number of alkyl halides is 1. The monoisotopic (exact) mass is 230 g/mol. The zero-order valence-electron chi connectivity index (χ0n) is 11.7. The average molecular weight is 230 g/mol. The second-order valence-electron chi connectivity index (χ2n) is 5.39. The molecule has 0 aromatic carbocycles. The number of hydrogen-bond donors (Lipinski definition) is 0. The molecule has 1 atom stereocenters. The van der Waals surface area contributed by atoms with Crippen LogP contribution >= 0.6 is 0 Å². The number of unbranched alkanes of at least 4 members (excludes halogenated alkanes) is 7. The molecule has 0 bridgehead atoms. The van der Waals surface area contributed by atoms with Crippen molar-refractivity contribution in [3.8, 4) is 0 Å². The SMILES string of the molecule is CCCCCCCC(C)(F)CCCCCC. The lowest BCUT2D eigenvalue weighted by molar-refractivity contribution is 0.151. The summed E-state index contributed by atoms with van der Waals surface area (Å²) in [5.74, 6) is 0. The number of hydrogen-bond acceptors (Lipinski definition) is 0. The molecule has 1 unspecified atom stereocenters. The first-order chi connectivity index (χ1) is 7.62. The molecule has 0 aliphatic carbocycles. The molecule has 0 aromatic heterocycles. The van der Waals surface area contributed by atoms with E-state index >= 15 is 0 Å². The Morgan fingerprint density at radius 1 is 0.688 bits per heavy atom. The van der Waals surface area contributed by atoms with Crippen molar-refractivity contribution in [3.63, 3.8) is 0 Å². The molecule has 0 fully saturated rings. The maximum atomic E-state index is 14.0. The van der Waals surface area contributed by atoms with Crippen molar-refractivity contribution in [2.75, 3.05) is 0 Å². The highest BCUT2D eigenvalue weighted by molar-refractivity contribution is 4.73. The zero-order valence-corrected chi connectivity index (χ0v) is 11.7. The summed E-state index contributed by atoms with van der Waals surface area (Å²) < 4.78 is 14.0. The Bertz CT molecular complexity index is 140. The highest BCUT2D eigenvalue weighted by Crippen LogP contribution is 2.26. The standard InChI is InChI=1S/C15H31F/c1-4-6-8-10-12-14-15(3,16)13-11-9-7-5-2/h4-14H2,1-3H3. The van der Waals surface area contributed by atoms with Crippen molar-refractivity contribution >= 4 is 0 Å². The van der Waals surface area contributed by atoms with Gasteiger partial charge in [-0.15, -0.1) is 0 Å². The Kier molecular flexibility index (Phi) is 10.1. The third-order valence-corrected chi connectivity index (χ3v) is 3.35. The Balaban J connectivity index is 3.38. The van der Waals surface area contributed by atoms with Crippen LogP contribution in [0.1, 0.15) is 91.4 Å². The van der Waals surface area contributed by atoms with Crippen molar-refractivity contribution in [1.82, 2.24) is 0 Å². The van der Waals surface area contributed by atoms with Crippen LogP contribution < -0.4 is 0 Å². The van der Waals surface area contributed by atoms with E-state index in [9.17, 15) is 4.39 Å². The molecule has 0 spiro atoms. The number of rotatable bonds is 11. The molecule has 1 heteroatoms. The fourth-order valence-corrected chi connectivity index (χ4v) is 2.14. The molecule has 98 valence electrons. The van der Waals surface area contributed by atoms with Gasteiger partial charge in [-0.3, -0.25) is 0 Å². The van der Waals surface area contributed by atoms with Crippen molar-refractivity contribution in [2.24, 2.45) is 0 Å². The number of halogens is 1. The van der Waals surface area contributed by atoms with Crippen molar-refractivity contribution in [2.45, 2.75) is 97.1 Å². The zero-order chi connectivity index (χ0) is 12.3. The van der Waals surface area contributed by atoms with Crippen LogP contribution in [0, 0.1) is 0 Å². The van der Waals surface area contributed by atoms with Crippen molar-refractivity contribution < 1.29 is 4.39 Å². The van der Waals surface area contributed by atoms with E-state index in [2.05, 4.69) is 13.8 Å². The molecule has 0 aliphatic rings. The molecule has 0 aliphatic heterocycles. The van der Waals surface area contributed by atoms with Crippen LogP contribution in [0.3, 0.4) is 0 Å². The Hall–Kier alpha value is -0.0700. The minimum absolute atomic E-state index is 0.765. The fourth-order valence-electron chi connectivity index (χ4n) is 2.14. The average Bonchev–Trinajstić information content (AvgIpc) is 2.24. The summed E-state index contributed by atoms with van der Waals surface area (Å²) in [7, 11) is 0. The smallest absolute Gasteiger partial charge is 0.108 e. The Morgan fingerprint density at radius 2 is 1.06 bits per heavy atom. The summed E-state index contributed by atoms with van der Waals surface area (Å²) in [4.78, 5) is 0. The van der Waals surface area contributed by atoms with E-state index < -0.39 is 5.67 Å². The van der Waals surface area contributed by atoms with Crippen LogP contribution in [0.15, 0.2) is 0 Å². The largest absolute Gasteiger partial charge is 0.244 e. The van der Waals surface area contributed by atoms with Gasteiger partial charge in [-0.25, -0.2) is 4.39 Å². The Morgan fingerprint density at radius 3 is 1.50 bits per heavy atom. The van der Waals surface area contributed by atoms with Crippen molar-refractivity contribution in [1.29, 1.82) is 0 Å². The third-order valence-electron chi connectivity index (χ3n) is 3.35. The predicted molar refractivity (Wildman–Crippen MR) is 71.6 cm³/mol. The first-order valence-corrected chi connectivity index (χ1v) is 7.31. The van der Waals surface area contributed by atoms with Gasteiger partial charge in [-0.1, -0.05) is 71.6 Å². The fraction of sp³-hybridized carbons (Fsp3) is 1.00. The minimum atomic E-state index is -0.903. The highest BCUT2D eigenvalue weighted by atomic mass is 19.1. The van der Waals surface area contributed by atoms with Crippen LogP contribution in [-0.2, 0) is 0 Å². The Labute approximate surface area is 102 Å². The van der Waals surface area contributed by atoms with Gasteiger partial charge in [-0.2, -0.15) is 0 Å². The maximum absolute atomic E-state index is 14.0. The second-order valence-corrected chi connectivity index (χ2v) is 5.39. The van der Waals surface area contributed by atoms with E-state index in [1.807, 2.05) is 0 Å². The van der Waals surface area contributed by atoms with Crippen LogP contribution in [0.5, 0.6) is 0 Å². The summed E-state index contributed by atoms with van der Waals surface area (Å²) in [6, 6.07) is 0. The minimum Gasteiger partial charge on any atom is -0.244 e. The highest BCUT2D eigenvalue weighted by Gasteiger charge is 2.21. The summed E-state index contributed by atoms with van der Waals surface area (Å²) in [6.07, 6.45) is 12.4. The van der Waals surface area contributed by atoms with E-state index in [-0.39, 0.29) is 0 Å².